The molecule has 156 valence electrons. The Bertz CT molecular complexity index is 1270. The molecule has 2 aromatic carbocycles. The van der Waals surface area contributed by atoms with Crippen LogP contribution in [0.25, 0.3) is 0 Å². The smallest absolute Gasteiger partial charge is 0.267 e. The lowest BCUT2D eigenvalue weighted by Gasteiger charge is -2.16. The van der Waals surface area contributed by atoms with E-state index >= 15 is 0 Å². The van der Waals surface area contributed by atoms with Gasteiger partial charge in [-0.25, -0.2) is 10.00 Å². The topological polar surface area (TPSA) is 100 Å². The Balaban J connectivity index is 1.75. The van der Waals surface area contributed by atoms with E-state index in [1.165, 1.54) is 18.2 Å². The average Bonchev–Trinajstić information content (AvgIpc) is 2.98. The Labute approximate surface area is 186 Å². The molecule has 4 rings (SSSR count). The number of carbonyl (C=O) groups excluding carboxylic acids is 3. The van der Waals surface area contributed by atoms with E-state index in [4.69, 9.17) is 23.2 Å². The maximum Gasteiger partial charge on any atom is 0.267 e. The number of ketones is 1. The van der Waals surface area contributed by atoms with Crippen LogP contribution < -0.4 is 10.5 Å². The molecule has 0 saturated heterocycles. The van der Waals surface area contributed by atoms with Gasteiger partial charge in [-0.15, -0.1) is 0 Å². The number of amides is 2. The van der Waals surface area contributed by atoms with Crippen molar-refractivity contribution in [1.29, 1.82) is 0 Å². The summed E-state index contributed by atoms with van der Waals surface area (Å²) in [6.45, 7) is 3.63. The molecular weight excluding hydrogens is 441 g/mol. The van der Waals surface area contributed by atoms with Crippen LogP contribution in [0.2, 0.25) is 10.0 Å². The Hall–Kier alpha value is -3.29. The third kappa shape index (κ3) is 3.45. The highest BCUT2D eigenvalue weighted by molar-refractivity contribution is 6.42. The SMILES string of the molecule is CC(C)c1cc(C(=O)c2c(Cl)cc(N3C(=O)c4ccccc4C3=O)cc2Cl)n[nH]c1=O. The second kappa shape index (κ2) is 7.76. The second-order valence-electron chi connectivity index (χ2n) is 7.30. The fourth-order valence-electron chi connectivity index (χ4n) is 3.42. The molecule has 0 bridgehead atoms. The molecule has 3 aromatic rings. The maximum atomic E-state index is 13.0. The highest BCUT2D eigenvalue weighted by Crippen LogP contribution is 2.36. The molecule has 2 heterocycles. The summed E-state index contributed by atoms with van der Waals surface area (Å²) in [5.74, 6) is -1.73. The largest absolute Gasteiger partial charge is 0.287 e. The molecule has 0 unspecified atom stereocenters. The van der Waals surface area contributed by atoms with E-state index < -0.39 is 17.6 Å². The zero-order valence-corrected chi connectivity index (χ0v) is 17.9. The number of nitrogens with zero attached hydrogens (tertiary/aromatic N) is 2. The minimum atomic E-state index is -0.595. The number of nitrogens with one attached hydrogen (secondary N) is 1. The second-order valence-corrected chi connectivity index (χ2v) is 8.11. The highest BCUT2D eigenvalue weighted by Gasteiger charge is 2.37. The van der Waals surface area contributed by atoms with Gasteiger partial charge in [-0.2, -0.15) is 5.10 Å². The summed E-state index contributed by atoms with van der Waals surface area (Å²) < 4.78 is 0. The van der Waals surface area contributed by atoms with Gasteiger partial charge in [0, 0.05) is 5.56 Å². The zero-order valence-electron chi connectivity index (χ0n) is 16.4. The molecule has 2 amide bonds. The summed E-state index contributed by atoms with van der Waals surface area (Å²) in [5, 5.41) is 6.01. The number of fused-ring (bicyclic) bond motifs is 1. The van der Waals surface area contributed by atoms with E-state index in [1.54, 1.807) is 24.3 Å². The van der Waals surface area contributed by atoms with Crippen LogP contribution in [0.15, 0.2) is 47.3 Å². The van der Waals surface area contributed by atoms with Gasteiger partial charge in [0.1, 0.15) is 5.69 Å². The third-order valence-corrected chi connectivity index (χ3v) is 5.59. The molecule has 1 aliphatic heterocycles. The molecule has 1 N–H and O–H groups in total. The average molecular weight is 456 g/mol. The fourth-order valence-corrected chi connectivity index (χ4v) is 4.07. The standard InChI is InChI=1S/C22H15Cl2N3O4/c1-10(2)14-9-17(25-26-20(14)29)19(28)18-15(23)7-11(8-16(18)24)27-21(30)12-5-3-4-6-13(12)22(27)31/h3-10H,1-2H3,(H,26,29). The molecule has 7 nitrogen and oxygen atoms in total. The van der Waals surface area contributed by atoms with E-state index in [0.717, 1.165) is 4.90 Å². The number of carbonyl (C=O) groups is 3. The summed E-state index contributed by atoms with van der Waals surface area (Å²) >= 11 is 12.7. The van der Waals surface area contributed by atoms with Crippen LogP contribution in [-0.4, -0.2) is 27.8 Å². The quantitative estimate of drug-likeness (QED) is 0.468. The summed E-state index contributed by atoms with van der Waals surface area (Å²) in [7, 11) is 0. The van der Waals surface area contributed by atoms with Crippen LogP contribution in [0.3, 0.4) is 0 Å². The van der Waals surface area contributed by atoms with E-state index in [2.05, 4.69) is 10.2 Å². The molecule has 0 aliphatic carbocycles. The number of benzene rings is 2. The summed E-state index contributed by atoms with van der Waals surface area (Å²) in [4.78, 5) is 51.3. The number of aromatic amines is 1. The van der Waals surface area contributed by atoms with Gasteiger partial charge in [0.05, 0.1) is 32.4 Å². The number of hydrogen-bond acceptors (Lipinski definition) is 5. The normalized spacial score (nSPS) is 13.1. The first-order chi connectivity index (χ1) is 14.7. The minimum absolute atomic E-state index is 0.0272. The van der Waals surface area contributed by atoms with Crippen molar-refractivity contribution in [2.75, 3.05) is 4.90 Å². The Morgan fingerprint density at radius 2 is 1.52 bits per heavy atom. The van der Waals surface area contributed by atoms with Gasteiger partial charge in [0.15, 0.2) is 0 Å². The maximum absolute atomic E-state index is 13.0. The van der Waals surface area contributed by atoms with Gasteiger partial charge < -0.3 is 0 Å². The van der Waals surface area contributed by atoms with Crippen molar-refractivity contribution in [3.05, 3.63) is 90.8 Å². The first kappa shape index (κ1) is 21.0. The van der Waals surface area contributed by atoms with Crippen LogP contribution in [0.1, 0.15) is 62.1 Å². The van der Waals surface area contributed by atoms with Crippen molar-refractivity contribution in [3.63, 3.8) is 0 Å². The van der Waals surface area contributed by atoms with Crippen LogP contribution in [-0.2, 0) is 0 Å². The number of aromatic nitrogens is 2. The van der Waals surface area contributed by atoms with Crippen LogP contribution in [0, 0.1) is 0 Å². The predicted molar refractivity (Wildman–Crippen MR) is 116 cm³/mol. The third-order valence-electron chi connectivity index (χ3n) is 4.99. The first-order valence-electron chi connectivity index (χ1n) is 9.32. The summed E-state index contributed by atoms with van der Waals surface area (Å²) in [6.07, 6.45) is 0. The number of H-pyrrole nitrogens is 1. The molecule has 0 fully saturated rings. The van der Waals surface area contributed by atoms with Gasteiger partial charge in [-0.05, 0) is 36.2 Å². The van der Waals surface area contributed by atoms with Crippen molar-refractivity contribution in [2.45, 2.75) is 19.8 Å². The fraction of sp³-hybridized carbons (Fsp3) is 0.136. The molecule has 1 aromatic heterocycles. The van der Waals surface area contributed by atoms with Crippen molar-refractivity contribution in [3.8, 4) is 0 Å². The number of rotatable bonds is 4. The lowest BCUT2D eigenvalue weighted by atomic mass is 10.0. The van der Waals surface area contributed by atoms with Gasteiger partial charge >= 0.3 is 0 Å². The Morgan fingerprint density at radius 3 is 2.03 bits per heavy atom. The predicted octanol–water partition coefficient (Wildman–Crippen LogP) is 4.23. The molecule has 1 aliphatic rings. The molecule has 0 spiro atoms. The van der Waals surface area contributed by atoms with Crippen molar-refractivity contribution < 1.29 is 14.4 Å². The Morgan fingerprint density at radius 1 is 0.968 bits per heavy atom. The van der Waals surface area contributed by atoms with Gasteiger partial charge in [-0.3, -0.25) is 19.2 Å². The van der Waals surface area contributed by atoms with Gasteiger partial charge in [0.2, 0.25) is 5.78 Å². The van der Waals surface area contributed by atoms with E-state index in [9.17, 15) is 19.2 Å². The van der Waals surface area contributed by atoms with Crippen LogP contribution in [0.4, 0.5) is 5.69 Å². The molecular formula is C22H15Cl2N3O4. The van der Waals surface area contributed by atoms with Crippen LogP contribution in [0.5, 0.6) is 0 Å². The van der Waals surface area contributed by atoms with Crippen molar-refractivity contribution >= 4 is 46.5 Å². The number of halogens is 2. The monoisotopic (exact) mass is 455 g/mol. The summed E-state index contributed by atoms with van der Waals surface area (Å²) in [5.41, 5.74) is 0.642. The van der Waals surface area contributed by atoms with Crippen LogP contribution >= 0.6 is 23.2 Å². The number of anilines is 1. The Kier molecular flexibility index (Phi) is 5.24. The number of hydrogen-bond donors (Lipinski definition) is 1. The molecule has 0 saturated carbocycles. The molecule has 31 heavy (non-hydrogen) atoms. The van der Waals surface area contributed by atoms with E-state index in [-0.39, 0.29) is 49.6 Å². The lowest BCUT2D eigenvalue weighted by Crippen LogP contribution is -2.29. The first-order valence-corrected chi connectivity index (χ1v) is 10.1. The lowest BCUT2D eigenvalue weighted by molar-refractivity contribution is 0.0925. The molecule has 0 atom stereocenters. The highest BCUT2D eigenvalue weighted by atomic mass is 35.5. The zero-order chi connectivity index (χ0) is 22.4. The van der Waals surface area contributed by atoms with Crippen molar-refractivity contribution in [1.82, 2.24) is 10.2 Å². The molecule has 9 heteroatoms. The minimum Gasteiger partial charge on any atom is -0.287 e. The van der Waals surface area contributed by atoms with Gasteiger partial charge in [-0.1, -0.05) is 49.2 Å². The van der Waals surface area contributed by atoms with E-state index in [1.807, 2.05) is 13.8 Å². The summed E-state index contributed by atoms with van der Waals surface area (Å²) in [6, 6.07) is 10.5. The number of imide groups is 1. The van der Waals surface area contributed by atoms with Gasteiger partial charge in [0.25, 0.3) is 17.4 Å². The molecule has 0 radical (unpaired) electrons. The van der Waals surface area contributed by atoms with Crippen molar-refractivity contribution in [2.24, 2.45) is 0 Å². The van der Waals surface area contributed by atoms with E-state index in [0.29, 0.717) is 5.56 Å².